The molecule has 27 valence electrons. The van der Waals surface area contributed by atoms with Gasteiger partial charge < -0.3 is 4.79 Å². The Morgan fingerprint density at radius 3 is 1.25 bits per heavy atom. The van der Waals surface area contributed by atoms with Crippen molar-refractivity contribution in [2.45, 2.75) is 0 Å². The fourth-order valence-corrected chi connectivity index (χ4v) is 0. The zero-order valence-electron chi connectivity index (χ0n) is 1.72. The first-order valence-corrected chi connectivity index (χ1v) is 0.236. The van der Waals surface area contributed by atoms with E-state index in [0.717, 1.165) is 0 Å². The van der Waals surface area contributed by atoms with Crippen LogP contribution in [0.3, 0.4) is 0 Å². The van der Waals surface area contributed by atoms with Crippen molar-refractivity contribution in [2.75, 3.05) is 0 Å². The molecule has 0 spiro atoms. The fraction of sp³-hybridized carbons (Fsp3) is 0. The van der Waals surface area contributed by atoms with Crippen LogP contribution in [0.2, 0.25) is 0 Å². The summed E-state index contributed by atoms with van der Waals surface area (Å²) in [5.74, 6) is 0. The molecular formula is CHFeMnO-. The van der Waals surface area contributed by atoms with E-state index in [2.05, 4.69) is 6.79 Å². The number of hydrogen-bond acceptors (Lipinski definition) is 1. The number of hydrogen-bond donors (Lipinski definition) is 0. The van der Waals surface area contributed by atoms with Gasteiger partial charge in [-0.2, -0.15) is 0 Å². The molecule has 0 aliphatic heterocycles. The minimum atomic E-state index is 0. The molecule has 0 N–H and O–H groups in total. The third-order valence-electron chi connectivity index (χ3n) is 0. The third kappa shape index (κ3) is 15.7. The average Bonchev–Trinajstić information content (AvgIpc) is 1.00. The van der Waals surface area contributed by atoms with E-state index in [1.54, 1.807) is 0 Å². The first kappa shape index (κ1) is 22.2. The molecule has 0 aromatic carbocycles. The molecule has 0 saturated heterocycles. The number of carbonyl (C=O) groups excluding carboxylic acids is 1. The van der Waals surface area contributed by atoms with Gasteiger partial charge in [0, 0.05) is 34.1 Å². The predicted octanol–water partition coefficient (Wildman–Crippen LogP) is -0.279. The van der Waals surface area contributed by atoms with Crippen LogP contribution in [0.15, 0.2) is 0 Å². The predicted molar refractivity (Wildman–Crippen MR) is 6.75 cm³/mol. The largest absolute Gasteiger partial charge is 0.545 e. The summed E-state index contributed by atoms with van der Waals surface area (Å²) in [5.41, 5.74) is 0. The van der Waals surface area contributed by atoms with E-state index in [1.165, 1.54) is 0 Å². The maximum Gasteiger partial charge on any atom is 0 e. The van der Waals surface area contributed by atoms with Crippen LogP contribution in [0.25, 0.3) is 0 Å². The molecule has 0 aromatic heterocycles. The van der Waals surface area contributed by atoms with Crippen LogP contribution < -0.4 is 0 Å². The Morgan fingerprint density at radius 1 is 1.25 bits per heavy atom. The zero-order chi connectivity index (χ0) is 2.00. The van der Waals surface area contributed by atoms with Crippen LogP contribution in [0.4, 0.5) is 0 Å². The van der Waals surface area contributed by atoms with E-state index in [0.29, 0.717) is 0 Å². The van der Waals surface area contributed by atoms with E-state index in [4.69, 9.17) is 4.79 Å². The molecule has 0 aliphatic rings. The Hall–Kier alpha value is 0.709. The van der Waals surface area contributed by atoms with E-state index < -0.39 is 0 Å². The van der Waals surface area contributed by atoms with Crippen LogP contribution in [0.1, 0.15) is 0 Å². The minimum absolute atomic E-state index is 0. The Bertz CT molecular complexity index is 8.00. The summed E-state index contributed by atoms with van der Waals surface area (Å²) in [5, 5.41) is 0. The quantitative estimate of drug-likeness (QED) is 0.257. The molecule has 0 amide bonds. The van der Waals surface area contributed by atoms with Crippen molar-refractivity contribution < 1.29 is 38.9 Å². The summed E-state index contributed by atoms with van der Waals surface area (Å²) in [4.78, 5) is 7.75. The Balaban J connectivity index is -0.00000000500. The van der Waals surface area contributed by atoms with Crippen LogP contribution in [0.5, 0.6) is 0 Å². The SMILES string of the molecule is [CH-]=O.[Fe].[Mn]. The van der Waals surface area contributed by atoms with Crippen molar-refractivity contribution in [1.29, 1.82) is 0 Å². The van der Waals surface area contributed by atoms with Crippen molar-refractivity contribution in [3.63, 3.8) is 0 Å². The van der Waals surface area contributed by atoms with Gasteiger partial charge in [0.25, 0.3) is 0 Å². The maximum absolute atomic E-state index is 7.75. The van der Waals surface area contributed by atoms with E-state index in [9.17, 15) is 0 Å². The van der Waals surface area contributed by atoms with E-state index in [-0.39, 0.29) is 34.1 Å². The van der Waals surface area contributed by atoms with Gasteiger partial charge in [-0.1, -0.05) is 0 Å². The van der Waals surface area contributed by atoms with Gasteiger partial charge in [-0.3, -0.25) is 6.79 Å². The summed E-state index contributed by atoms with van der Waals surface area (Å²) in [6, 6.07) is 0. The van der Waals surface area contributed by atoms with Crippen LogP contribution >= 0.6 is 0 Å². The second-order valence-electron chi connectivity index (χ2n) is 0. The van der Waals surface area contributed by atoms with E-state index in [1.807, 2.05) is 0 Å². The first-order valence-electron chi connectivity index (χ1n) is 0.236. The smallest absolute Gasteiger partial charge is 0 e. The zero-order valence-corrected chi connectivity index (χ0v) is 4.00. The summed E-state index contributed by atoms with van der Waals surface area (Å²) in [6.45, 7) is 3.25. The standard InChI is InChI=1S/CHO.Fe.Mn/c1-2;;/h1H;;/q-1;;. The molecule has 0 fully saturated rings. The summed E-state index contributed by atoms with van der Waals surface area (Å²) in [7, 11) is 0. The Kier molecular flexibility index (Phi) is 300. The van der Waals surface area contributed by atoms with Crippen molar-refractivity contribution in [1.82, 2.24) is 0 Å². The van der Waals surface area contributed by atoms with Gasteiger partial charge in [-0.05, 0) is 0 Å². The van der Waals surface area contributed by atoms with Crippen LogP contribution in [-0.4, -0.2) is 6.79 Å². The molecule has 0 aromatic rings. The van der Waals surface area contributed by atoms with Gasteiger partial charge in [-0.15, -0.1) is 0 Å². The van der Waals surface area contributed by atoms with Gasteiger partial charge in [0.05, 0.1) is 0 Å². The summed E-state index contributed by atoms with van der Waals surface area (Å²) >= 11 is 0. The summed E-state index contributed by atoms with van der Waals surface area (Å²) < 4.78 is 0. The molecule has 0 atom stereocenters. The first-order chi connectivity index (χ1) is 1.00. The Labute approximate surface area is 46.1 Å². The van der Waals surface area contributed by atoms with Crippen molar-refractivity contribution >= 4 is 6.79 Å². The second kappa shape index (κ2) is 54.2. The third-order valence-corrected chi connectivity index (χ3v) is 0. The molecular weight excluding hydrogens is 139 g/mol. The topological polar surface area (TPSA) is 17.1 Å². The van der Waals surface area contributed by atoms with Gasteiger partial charge in [0.2, 0.25) is 0 Å². The molecule has 0 saturated carbocycles. The van der Waals surface area contributed by atoms with Gasteiger partial charge in [0.1, 0.15) is 0 Å². The average molecular weight is 140 g/mol. The van der Waals surface area contributed by atoms with Crippen molar-refractivity contribution in [3.05, 3.63) is 0 Å². The normalized spacial score (nSPS) is 1.00. The maximum atomic E-state index is 7.75. The molecule has 1 nitrogen and oxygen atoms in total. The molecule has 0 unspecified atom stereocenters. The van der Waals surface area contributed by atoms with Crippen molar-refractivity contribution in [3.8, 4) is 0 Å². The van der Waals surface area contributed by atoms with Gasteiger partial charge in [-0.25, -0.2) is 0 Å². The molecule has 0 rings (SSSR count). The fourth-order valence-electron chi connectivity index (χ4n) is 0. The molecule has 3 heteroatoms. The molecule has 1 radical (unpaired) electrons. The number of rotatable bonds is 0. The molecule has 0 aliphatic carbocycles. The van der Waals surface area contributed by atoms with Crippen LogP contribution in [0, 0.1) is 0 Å². The van der Waals surface area contributed by atoms with Crippen molar-refractivity contribution in [2.24, 2.45) is 0 Å². The molecule has 4 heavy (non-hydrogen) atoms. The second-order valence-corrected chi connectivity index (χ2v) is 0. The Morgan fingerprint density at radius 2 is 1.25 bits per heavy atom. The van der Waals surface area contributed by atoms with E-state index >= 15 is 0 Å². The molecule has 0 bridgehead atoms. The van der Waals surface area contributed by atoms with Crippen LogP contribution in [-0.2, 0) is 38.9 Å². The van der Waals surface area contributed by atoms with Gasteiger partial charge >= 0.3 is 0 Å². The monoisotopic (exact) mass is 140 g/mol. The summed E-state index contributed by atoms with van der Waals surface area (Å²) in [6.07, 6.45) is 0. The van der Waals surface area contributed by atoms with Gasteiger partial charge in [0.15, 0.2) is 0 Å². The minimum Gasteiger partial charge on any atom is -0.545 e. The molecule has 0 heterocycles.